The summed E-state index contributed by atoms with van der Waals surface area (Å²) in [5.74, 6) is -0.287. The molecule has 5 rings (SSSR count). The molecule has 1 saturated heterocycles. The maximum absolute atomic E-state index is 13.4. The highest BCUT2D eigenvalue weighted by Crippen LogP contribution is 2.42. The van der Waals surface area contributed by atoms with E-state index in [1.807, 2.05) is 30.3 Å². The van der Waals surface area contributed by atoms with Crippen LogP contribution in [0.1, 0.15) is 30.7 Å². The zero-order chi connectivity index (χ0) is 20.8. The minimum atomic E-state index is -0.405. The van der Waals surface area contributed by atoms with Gasteiger partial charge in [0.2, 0.25) is 5.91 Å². The number of amides is 3. The van der Waals surface area contributed by atoms with Crippen LogP contribution in [0.3, 0.4) is 0 Å². The lowest BCUT2D eigenvalue weighted by Gasteiger charge is -2.42. The van der Waals surface area contributed by atoms with Crippen molar-refractivity contribution in [1.82, 2.24) is 10.3 Å². The SMILES string of the molecule is O=C1NC2CC(c3cc(Cl)ccc3Cl)CCC2C(=O)N1c1cncc2ccccc12. The van der Waals surface area contributed by atoms with Crippen molar-refractivity contribution in [3.8, 4) is 0 Å². The lowest BCUT2D eigenvalue weighted by Crippen LogP contribution is -2.61. The molecule has 3 amide bonds. The smallest absolute Gasteiger partial charge is 0.329 e. The minimum absolute atomic E-state index is 0.149. The van der Waals surface area contributed by atoms with Crippen molar-refractivity contribution in [2.75, 3.05) is 4.90 Å². The molecule has 1 aliphatic heterocycles. The van der Waals surface area contributed by atoms with E-state index in [0.717, 1.165) is 22.8 Å². The molecule has 30 heavy (non-hydrogen) atoms. The molecule has 2 aromatic carbocycles. The Bertz CT molecular complexity index is 1160. The number of rotatable bonds is 2. The van der Waals surface area contributed by atoms with E-state index in [9.17, 15) is 9.59 Å². The average molecular weight is 440 g/mol. The third kappa shape index (κ3) is 3.22. The molecule has 0 bridgehead atoms. The summed E-state index contributed by atoms with van der Waals surface area (Å²) in [6.07, 6.45) is 5.45. The normalized spacial score (nSPS) is 23.9. The van der Waals surface area contributed by atoms with Crippen molar-refractivity contribution in [1.29, 1.82) is 0 Å². The van der Waals surface area contributed by atoms with E-state index in [-0.39, 0.29) is 23.8 Å². The van der Waals surface area contributed by atoms with Crippen molar-refractivity contribution >= 4 is 51.6 Å². The second-order valence-corrected chi connectivity index (χ2v) is 8.74. The van der Waals surface area contributed by atoms with Crippen LogP contribution in [0.25, 0.3) is 10.8 Å². The fraction of sp³-hybridized carbons (Fsp3) is 0.261. The first-order chi connectivity index (χ1) is 14.5. The predicted molar refractivity (Wildman–Crippen MR) is 118 cm³/mol. The molecule has 1 N–H and O–H groups in total. The van der Waals surface area contributed by atoms with E-state index in [1.165, 1.54) is 4.90 Å². The van der Waals surface area contributed by atoms with Crippen LogP contribution in [0.4, 0.5) is 10.5 Å². The predicted octanol–water partition coefficient (Wildman–Crippen LogP) is 5.55. The summed E-state index contributed by atoms with van der Waals surface area (Å²) in [4.78, 5) is 31.8. The number of fused-ring (bicyclic) bond motifs is 2. The standard InChI is InChI=1S/C23H19Cl2N3O2/c24-15-6-8-19(25)18(10-15)13-5-7-17-20(9-13)27-23(30)28(22(17)29)21-12-26-11-14-3-1-2-4-16(14)21/h1-4,6,8,10-13,17,20H,5,7,9H2,(H,27,30). The van der Waals surface area contributed by atoms with Crippen LogP contribution in [0.5, 0.6) is 0 Å². The fourth-order valence-corrected chi connectivity index (χ4v) is 5.18. The Hall–Kier alpha value is -2.63. The van der Waals surface area contributed by atoms with Gasteiger partial charge in [0, 0.05) is 33.1 Å². The molecule has 2 fully saturated rings. The lowest BCUT2D eigenvalue weighted by atomic mass is 9.74. The molecule has 3 atom stereocenters. The number of nitrogens with one attached hydrogen (secondary N) is 1. The summed E-state index contributed by atoms with van der Waals surface area (Å²) in [5.41, 5.74) is 1.50. The molecule has 0 radical (unpaired) electrons. The van der Waals surface area contributed by atoms with Crippen LogP contribution in [-0.4, -0.2) is 23.0 Å². The number of benzene rings is 2. The van der Waals surface area contributed by atoms with Gasteiger partial charge in [-0.05, 0) is 48.9 Å². The van der Waals surface area contributed by atoms with Crippen molar-refractivity contribution in [3.63, 3.8) is 0 Å². The van der Waals surface area contributed by atoms with E-state index < -0.39 is 6.03 Å². The molecular formula is C23H19Cl2N3O2. The van der Waals surface area contributed by atoms with Gasteiger partial charge in [0.15, 0.2) is 0 Å². The monoisotopic (exact) mass is 439 g/mol. The molecule has 3 aromatic rings. The quantitative estimate of drug-likeness (QED) is 0.569. The van der Waals surface area contributed by atoms with Gasteiger partial charge in [-0.1, -0.05) is 47.5 Å². The van der Waals surface area contributed by atoms with Gasteiger partial charge in [-0.15, -0.1) is 0 Å². The number of imide groups is 1. The van der Waals surface area contributed by atoms with Crippen molar-refractivity contribution < 1.29 is 9.59 Å². The molecule has 5 nitrogen and oxygen atoms in total. The highest BCUT2D eigenvalue weighted by atomic mass is 35.5. The molecule has 152 valence electrons. The van der Waals surface area contributed by atoms with E-state index >= 15 is 0 Å². The Kier molecular flexibility index (Phi) is 4.88. The van der Waals surface area contributed by atoms with Crippen LogP contribution in [-0.2, 0) is 4.79 Å². The fourth-order valence-electron chi connectivity index (χ4n) is 4.73. The Morgan fingerprint density at radius 2 is 1.87 bits per heavy atom. The number of carbonyl (C=O) groups is 2. The first-order valence-corrected chi connectivity index (χ1v) is 10.7. The average Bonchev–Trinajstić information content (AvgIpc) is 2.75. The summed E-state index contributed by atoms with van der Waals surface area (Å²) >= 11 is 12.6. The van der Waals surface area contributed by atoms with E-state index in [1.54, 1.807) is 24.5 Å². The van der Waals surface area contributed by atoms with Crippen LogP contribution in [0.15, 0.2) is 54.9 Å². The summed E-state index contributed by atoms with van der Waals surface area (Å²) < 4.78 is 0. The topological polar surface area (TPSA) is 62.3 Å². The third-order valence-corrected chi connectivity index (χ3v) is 6.77. The number of nitrogens with zero attached hydrogens (tertiary/aromatic N) is 2. The van der Waals surface area contributed by atoms with Gasteiger partial charge in [0.25, 0.3) is 0 Å². The van der Waals surface area contributed by atoms with Gasteiger partial charge in [-0.3, -0.25) is 9.78 Å². The van der Waals surface area contributed by atoms with Crippen LogP contribution < -0.4 is 10.2 Å². The van der Waals surface area contributed by atoms with Gasteiger partial charge in [-0.25, -0.2) is 9.69 Å². The molecule has 2 heterocycles. The molecule has 1 aliphatic carbocycles. The number of anilines is 1. The van der Waals surface area contributed by atoms with Crippen molar-refractivity contribution in [2.45, 2.75) is 31.2 Å². The van der Waals surface area contributed by atoms with Gasteiger partial charge in [-0.2, -0.15) is 0 Å². The summed E-state index contributed by atoms with van der Waals surface area (Å²) in [5, 5.41) is 6.07. The number of urea groups is 1. The molecule has 3 unspecified atom stereocenters. The molecule has 1 saturated carbocycles. The summed E-state index contributed by atoms with van der Waals surface area (Å²) in [7, 11) is 0. The van der Waals surface area contributed by atoms with Crippen LogP contribution in [0, 0.1) is 5.92 Å². The molecule has 0 spiro atoms. The zero-order valence-corrected chi connectivity index (χ0v) is 17.5. The second-order valence-electron chi connectivity index (χ2n) is 7.89. The number of hydrogen-bond donors (Lipinski definition) is 1. The second kappa shape index (κ2) is 7.56. The summed E-state index contributed by atoms with van der Waals surface area (Å²) in [6.45, 7) is 0. The molecular weight excluding hydrogens is 421 g/mol. The Balaban J connectivity index is 1.44. The Morgan fingerprint density at radius 1 is 1.03 bits per heavy atom. The van der Waals surface area contributed by atoms with Crippen LogP contribution >= 0.6 is 23.2 Å². The highest BCUT2D eigenvalue weighted by Gasteiger charge is 2.45. The van der Waals surface area contributed by atoms with E-state index in [0.29, 0.717) is 28.6 Å². The van der Waals surface area contributed by atoms with Crippen LogP contribution in [0.2, 0.25) is 10.0 Å². The van der Waals surface area contributed by atoms with Gasteiger partial charge in [0.05, 0.1) is 17.8 Å². The largest absolute Gasteiger partial charge is 0.334 e. The Morgan fingerprint density at radius 3 is 2.73 bits per heavy atom. The maximum Gasteiger partial charge on any atom is 0.329 e. The molecule has 1 aromatic heterocycles. The summed E-state index contributed by atoms with van der Waals surface area (Å²) in [6, 6.07) is 12.4. The molecule has 2 aliphatic rings. The maximum atomic E-state index is 13.4. The van der Waals surface area contributed by atoms with Gasteiger partial charge >= 0.3 is 6.03 Å². The zero-order valence-electron chi connectivity index (χ0n) is 16.0. The first-order valence-electron chi connectivity index (χ1n) is 9.95. The first kappa shape index (κ1) is 19.3. The molecule has 7 heteroatoms. The number of halogens is 2. The van der Waals surface area contributed by atoms with E-state index in [2.05, 4.69) is 10.3 Å². The number of aromatic nitrogens is 1. The Labute approximate surface area is 184 Å². The van der Waals surface area contributed by atoms with Crippen molar-refractivity contribution in [2.24, 2.45) is 5.92 Å². The number of hydrogen-bond acceptors (Lipinski definition) is 3. The number of carbonyl (C=O) groups excluding carboxylic acids is 2. The number of pyridine rings is 1. The van der Waals surface area contributed by atoms with E-state index in [4.69, 9.17) is 23.2 Å². The highest BCUT2D eigenvalue weighted by molar-refractivity contribution is 6.33. The third-order valence-electron chi connectivity index (χ3n) is 6.19. The van der Waals surface area contributed by atoms with Crippen molar-refractivity contribution in [3.05, 3.63) is 70.5 Å². The van der Waals surface area contributed by atoms with Gasteiger partial charge in [0.1, 0.15) is 0 Å². The lowest BCUT2D eigenvalue weighted by molar-refractivity contribution is -0.124. The minimum Gasteiger partial charge on any atom is -0.334 e. The van der Waals surface area contributed by atoms with Gasteiger partial charge < -0.3 is 5.32 Å².